The molecule has 1 fully saturated rings. The fourth-order valence-electron chi connectivity index (χ4n) is 3.08. The minimum absolute atomic E-state index is 0.671. The van der Waals surface area contributed by atoms with Gasteiger partial charge in [0.2, 0.25) is 0 Å². The maximum Gasteiger partial charge on any atom is 0.123 e. The first kappa shape index (κ1) is 15.0. The van der Waals surface area contributed by atoms with Gasteiger partial charge in [-0.3, -0.25) is 0 Å². The van der Waals surface area contributed by atoms with E-state index in [1.54, 1.807) is 0 Å². The van der Waals surface area contributed by atoms with Crippen LogP contribution in [0.25, 0.3) is 0 Å². The van der Waals surface area contributed by atoms with E-state index in [9.17, 15) is 0 Å². The van der Waals surface area contributed by atoms with Gasteiger partial charge in [0, 0.05) is 30.1 Å². The number of nitrogens with two attached hydrogens (primary N) is 1. The van der Waals surface area contributed by atoms with Gasteiger partial charge in [-0.15, -0.1) is 0 Å². The molecule has 0 bridgehead atoms. The van der Waals surface area contributed by atoms with E-state index in [1.807, 2.05) is 25.1 Å². The lowest BCUT2D eigenvalue weighted by Gasteiger charge is -2.28. The van der Waals surface area contributed by atoms with Crippen molar-refractivity contribution in [1.29, 1.82) is 0 Å². The standard InChI is InChI=1S/C17H28N2O/c1-3-13-5-7-14(8-6-13)12-19-16-9-15(18)10-17(11-16)20-4-2/h9-11,13-14,19H,3-8,12,18H2,1-2H3. The van der Waals surface area contributed by atoms with Gasteiger partial charge < -0.3 is 15.8 Å². The summed E-state index contributed by atoms with van der Waals surface area (Å²) in [5.74, 6) is 2.61. The first-order chi connectivity index (χ1) is 9.71. The van der Waals surface area contributed by atoms with Gasteiger partial charge in [0.15, 0.2) is 0 Å². The Bertz CT molecular complexity index is 411. The highest BCUT2D eigenvalue weighted by atomic mass is 16.5. The minimum Gasteiger partial charge on any atom is -0.494 e. The third-order valence-corrected chi connectivity index (χ3v) is 4.38. The number of anilines is 2. The van der Waals surface area contributed by atoms with Crippen molar-refractivity contribution in [3.63, 3.8) is 0 Å². The smallest absolute Gasteiger partial charge is 0.123 e. The van der Waals surface area contributed by atoms with Crippen molar-refractivity contribution in [1.82, 2.24) is 0 Å². The zero-order valence-corrected chi connectivity index (χ0v) is 12.8. The van der Waals surface area contributed by atoms with Crippen LogP contribution in [0.3, 0.4) is 0 Å². The molecule has 1 aliphatic carbocycles. The van der Waals surface area contributed by atoms with Crippen molar-refractivity contribution in [2.75, 3.05) is 24.2 Å². The zero-order chi connectivity index (χ0) is 14.4. The molecule has 3 heteroatoms. The molecule has 0 heterocycles. The highest BCUT2D eigenvalue weighted by Gasteiger charge is 2.19. The average Bonchev–Trinajstić information content (AvgIpc) is 2.45. The predicted octanol–water partition coefficient (Wildman–Crippen LogP) is 4.30. The van der Waals surface area contributed by atoms with Gasteiger partial charge in [-0.05, 0) is 37.7 Å². The van der Waals surface area contributed by atoms with E-state index in [-0.39, 0.29) is 0 Å². The lowest BCUT2D eigenvalue weighted by atomic mass is 9.81. The molecule has 0 spiro atoms. The van der Waals surface area contributed by atoms with E-state index in [2.05, 4.69) is 12.2 Å². The van der Waals surface area contributed by atoms with E-state index in [1.165, 1.54) is 32.1 Å². The van der Waals surface area contributed by atoms with Crippen molar-refractivity contribution in [3.8, 4) is 5.75 Å². The van der Waals surface area contributed by atoms with Gasteiger partial charge in [-0.2, -0.15) is 0 Å². The van der Waals surface area contributed by atoms with Crippen LogP contribution >= 0.6 is 0 Å². The van der Waals surface area contributed by atoms with Gasteiger partial charge in [-0.25, -0.2) is 0 Å². The van der Waals surface area contributed by atoms with Crippen LogP contribution in [0.5, 0.6) is 5.75 Å². The molecule has 0 saturated heterocycles. The molecule has 112 valence electrons. The Morgan fingerprint density at radius 3 is 2.45 bits per heavy atom. The number of ether oxygens (including phenoxy) is 1. The van der Waals surface area contributed by atoms with Crippen LogP contribution in [0, 0.1) is 11.8 Å². The fraction of sp³-hybridized carbons (Fsp3) is 0.647. The lowest BCUT2D eigenvalue weighted by Crippen LogP contribution is -2.21. The maximum atomic E-state index is 5.91. The predicted molar refractivity (Wildman–Crippen MR) is 86.3 cm³/mol. The highest BCUT2D eigenvalue weighted by Crippen LogP contribution is 2.31. The van der Waals surface area contributed by atoms with E-state index in [4.69, 9.17) is 10.5 Å². The highest BCUT2D eigenvalue weighted by molar-refractivity contribution is 5.59. The molecule has 0 aliphatic heterocycles. The summed E-state index contributed by atoms with van der Waals surface area (Å²) < 4.78 is 5.53. The van der Waals surface area contributed by atoms with Gasteiger partial charge >= 0.3 is 0 Å². The molecule has 20 heavy (non-hydrogen) atoms. The molecule has 3 nitrogen and oxygen atoms in total. The second-order valence-electron chi connectivity index (χ2n) is 5.90. The van der Waals surface area contributed by atoms with Crippen molar-refractivity contribution in [3.05, 3.63) is 18.2 Å². The summed E-state index contributed by atoms with van der Waals surface area (Å²) in [7, 11) is 0. The molecular formula is C17H28N2O. The first-order valence-corrected chi connectivity index (χ1v) is 7.98. The number of rotatable bonds is 6. The van der Waals surface area contributed by atoms with Crippen LogP contribution in [0.1, 0.15) is 46.0 Å². The molecule has 0 atom stereocenters. The molecule has 1 aliphatic rings. The normalized spacial score (nSPS) is 22.5. The fourth-order valence-corrected chi connectivity index (χ4v) is 3.08. The number of hydrogen-bond donors (Lipinski definition) is 2. The summed E-state index contributed by atoms with van der Waals surface area (Å²) in [5.41, 5.74) is 7.75. The van der Waals surface area contributed by atoms with Crippen LogP contribution in [-0.2, 0) is 0 Å². The summed E-state index contributed by atoms with van der Waals surface area (Å²) in [6.07, 6.45) is 6.83. The number of nitrogens with one attached hydrogen (secondary N) is 1. The Hall–Kier alpha value is -1.38. The summed E-state index contributed by atoms with van der Waals surface area (Å²) in [6.45, 7) is 6.02. The summed E-state index contributed by atoms with van der Waals surface area (Å²) in [4.78, 5) is 0. The topological polar surface area (TPSA) is 47.3 Å². The molecule has 1 aromatic rings. The van der Waals surface area contributed by atoms with E-state index >= 15 is 0 Å². The number of benzene rings is 1. The van der Waals surface area contributed by atoms with E-state index < -0.39 is 0 Å². The molecule has 0 unspecified atom stereocenters. The third kappa shape index (κ3) is 4.32. The van der Waals surface area contributed by atoms with Crippen LogP contribution in [0.2, 0.25) is 0 Å². The number of hydrogen-bond acceptors (Lipinski definition) is 3. The minimum atomic E-state index is 0.671. The lowest BCUT2D eigenvalue weighted by molar-refractivity contribution is 0.278. The third-order valence-electron chi connectivity index (χ3n) is 4.38. The number of nitrogen functional groups attached to an aromatic ring is 1. The second kappa shape index (κ2) is 7.41. The summed E-state index contributed by atoms with van der Waals surface area (Å²) in [6, 6.07) is 5.90. The second-order valence-corrected chi connectivity index (χ2v) is 5.90. The molecule has 1 aromatic carbocycles. The van der Waals surface area contributed by atoms with Gasteiger partial charge in [0.1, 0.15) is 5.75 Å². The maximum absolute atomic E-state index is 5.91. The van der Waals surface area contributed by atoms with Gasteiger partial charge in [0.05, 0.1) is 6.61 Å². The van der Waals surface area contributed by atoms with E-state index in [0.29, 0.717) is 6.61 Å². The largest absolute Gasteiger partial charge is 0.494 e. The molecule has 0 amide bonds. The molecule has 2 rings (SSSR count). The summed E-state index contributed by atoms with van der Waals surface area (Å²) in [5, 5.41) is 3.53. The first-order valence-electron chi connectivity index (χ1n) is 7.98. The quantitative estimate of drug-likeness (QED) is 0.762. The van der Waals surface area contributed by atoms with Crippen molar-refractivity contribution in [2.45, 2.75) is 46.0 Å². The Kier molecular flexibility index (Phi) is 5.57. The molecule has 3 N–H and O–H groups in total. The van der Waals surface area contributed by atoms with E-state index in [0.717, 1.165) is 35.5 Å². The van der Waals surface area contributed by atoms with Crippen molar-refractivity contribution < 1.29 is 4.74 Å². The Morgan fingerprint density at radius 1 is 1.10 bits per heavy atom. The molecular weight excluding hydrogens is 248 g/mol. The molecule has 1 saturated carbocycles. The van der Waals surface area contributed by atoms with Crippen molar-refractivity contribution in [2.24, 2.45) is 11.8 Å². The van der Waals surface area contributed by atoms with Crippen LogP contribution in [0.4, 0.5) is 11.4 Å². The Balaban J connectivity index is 1.84. The zero-order valence-electron chi connectivity index (χ0n) is 12.8. The SMILES string of the molecule is CCOc1cc(N)cc(NCC2CCC(CC)CC2)c1. The van der Waals surface area contributed by atoms with Gasteiger partial charge in [0.25, 0.3) is 0 Å². The molecule has 0 aromatic heterocycles. The van der Waals surface area contributed by atoms with Crippen LogP contribution < -0.4 is 15.8 Å². The van der Waals surface area contributed by atoms with Crippen molar-refractivity contribution >= 4 is 11.4 Å². The molecule has 0 radical (unpaired) electrons. The monoisotopic (exact) mass is 276 g/mol. The Morgan fingerprint density at radius 2 is 1.80 bits per heavy atom. The van der Waals surface area contributed by atoms with Crippen LogP contribution in [-0.4, -0.2) is 13.2 Å². The van der Waals surface area contributed by atoms with Crippen LogP contribution in [0.15, 0.2) is 18.2 Å². The summed E-state index contributed by atoms with van der Waals surface area (Å²) >= 11 is 0. The Labute approximate surface area is 122 Å². The average molecular weight is 276 g/mol. The van der Waals surface area contributed by atoms with Gasteiger partial charge in [-0.1, -0.05) is 26.2 Å².